The molecule has 0 bridgehead atoms. The molecule has 2 aromatic carbocycles. The quantitative estimate of drug-likeness (QED) is 0.632. The molecule has 3 aromatic rings. The monoisotopic (exact) mass is 391 g/mol. The maximum Gasteiger partial charge on any atom is 0.267 e. The largest absolute Gasteiger partial charge is 0.496 e. The standard InChI is InChI=1S/C23H25N3O3/c1-3-4-7-17-10-12-18(13-11-17)24-22(27)16-26-23(28)15-14-20(25-26)19-8-5-6-9-21(19)29-2/h5-6,8-15H,3-4,7,16H2,1-2H3,(H,24,27). The molecule has 0 saturated carbocycles. The summed E-state index contributed by atoms with van der Waals surface area (Å²) >= 11 is 0. The van der Waals surface area contributed by atoms with Gasteiger partial charge in [0.2, 0.25) is 5.91 Å². The van der Waals surface area contributed by atoms with Crippen molar-refractivity contribution in [3.63, 3.8) is 0 Å². The third kappa shape index (κ3) is 5.31. The SMILES string of the molecule is CCCCc1ccc(NC(=O)Cn2nc(-c3ccccc3OC)ccc2=O)cc1. The van der Waals surface area contributed by atoms with Crippen molar-refractivity contribution in [2.75, 3.05) is 12.4 Å². The van der Waals surface area contributed by atoms with Gasteiger partial charge in [-0.1, -0.05) is 37.6 Å². The van der Waals surface area contributed by atoms with Gasteiger partial charge >= 0.3 is 0 Å². The number of nitrogens with zero attached hydrogens (tertiary/aromatic N) is 2. The van der Waals surface area contributed by atoms with Gasteiger partial charge in [-0.25, -0.2) is 4.68 Å². The fraction of sp³-hybridized carbons (Fsp3) is 0.261. The van der Waals surface area contributed by atoms with Crippen LogP contribution in [0.4, 0.5) is 5.69 Å². The van der Waals surface area contributed by atoms with E-state index in [0.717, 1.165) is 29.5 Å². The zero-order valence-corrected chi connectivity index (χ0v) is 16.7. The Morgan fingerprint density at radius 3 is 2.55 bits per heavy atom. The summed E-state index contributed by atoms with van der Waals surface area (Å²) in [5.41, 5.74) is 2.92. The van der Waals surface area contributed by atoms with E-state index >= 15 is 0 Å². The van der Waals surface area contributed by atoms with Gasteiger partial charge in [0, 0.05) is 17.3 Å². The van der Waals surface area contributed by atoms with Crippen LogP contribution in [0.5, 0.6) is 5.75 Å². The molecule has 1 aromatic heterocycles. The highest BCUT2D eigenvalue weighted by atomic mass is 16.5. The molecule has 0 fully saturated rings. The number of aromatic nitrogens is 2. The summed E-state index contributed by atoms with van der Waals surface area (Å²) < 4.78 is 6.52. The van der Waals surface area contributed by atoms with Crippen LogP contribution < -0.4 is 15.6 Å². The molecule has 0 aliphatic rings. The van der Waals surface area contributed by atoms with Gasteiger partial charge in [0.1, 0.15) is 12.3 Å². The summed E-state index contributed by atoms with van der Waals surface area (Å²) in [4.78, 5) is 24.6. The van der Waals surface area contributed by atoms with Crippen LogP contribution in [0, 0.1) is 0 Å². The number of para-hydroxylation sites is 1. The molecule has 0 atom stereocenters. The number of ether oxygens (including phenoxy) is 1. The first-order chi connectivity index (χ1) is 14.1. The first-order valence-corrected chi connectivity index (χ1v) is 9.71. The number of hydrogen-bond donors (Lipinski definition) is 1. The molecule has 150 valence electrons. The van der Waals surface area contributed by atoms with Crippen LogP contribution in [0.3, 0.4) is 0 Å². The Bertz CT molecular complexity index is 1030. The van der Waals surface area contributed by atoms with Crippen molar-refractivity contribution in [2.24, 2.45) is 0 Å². The van der Waals surface area contributed by atoms with Crippen molar-refractivity contribution in [1.29, 1.82) is 0 Å². The van der Waals surface area contributed by atoms with E-state index in [2.05, 4.69) is 17.3 Å². The number of carbonyl (C=O) groups excluding carboxylic acids is 1. The molecule has 1 heterocycles. The Balaban J connectivity index is 1.72. The third-order valence-electron chi connectivity index (χ3n) is 4.60. The molecule has 3 rings (SSSR count). The van der Waals surface area contributed by atoms with E-state index in [1.165, 1.54) is 11.6 Å². The maximum absolute atomic E-state index is 12.4. The molecular formula is C23H25N3O3. The number of amides is 1. The van der Waals surface area contributed by atoms with Crippen LogP contribution in [0.25, 0.3) is 11.3 Å². The zero-order chi connectivity index (χ0) is 20.6. The molecule has 1 N–H and O–H groups in total. The average molecular weight is 391 g/mol. The lowest BCUT2D eigenvalue weighted by Crippen LogP contribution is -2.29. The minimum absolute atomic E-state index is 0.167. The van der Waals surface area contributed by atoms with Gasteiger partial charge in [-0.15, -0.1) is 0 Å². The first kappa shape index (κ1) is 20.3. The highest BCUT2D eigenvalue weighted by Crippen LogP contribution is 2.27. The van der Waals surface area contributed by atoms with Gasteiger partial charge in [0.15, 0.2) is 0 Å². The fourth-order valence-corrected chi connectivity index (χ4v) is 3.03. The van der Waals surface area contributed by atoms with Crippen LogP contribution >= 0.6 is 0 Å². The number of rotatable bonds is 8. The molecule has 29 heavy (non-hydrogen) atoms. The number of benzene rings is 2. The van der Waals surface area contributed by atoms with Crippen molar-refractivity contribution in [3.05, 3.63) is 76.6 Å². The van der Waals surface area contributed by atoms with Crippen LogP contribution in [0.2, 0.25) is 0 Å². The fourth-order valence-electron chi connectivity index (χ4n) is 3.03. The highest BCUT2D eigenvalue weighted by Gasteiger charge is 2.11. The summed E-state index contributed by atoms with van der Waals surface area (Å²) in [5, 5.41) is 7.16. The van der Waals surface area contributed by atoms with Crippen LogP contribution in [-0.2, 0) is 17.8 Å². The van der Waals surface area contributed by atoms with Gasteiger partial charge < -0.3 is 10.1 Å². The second kappa shape index (κ2) is 9.68. The Morgan fingerprint density at radius 1 is 1.07 bits per heavy atom. The molecule has 0 saturated heterocycles. The number of unbranched alkanes of at least 4 members (excludes halogenated alkanes) is 1. The van der Waals surface area contributed by atoms with Crippen LogP contribution in [0.1, 0.15) is 25.3 Å². The topological polar surface area (TPSA) is 73.2 Å². The predicted octanol–water partition coefficient (Wildman–Crippen LogP) is 3.90. The lowest BCUT2D eigenvalue weighted by Gasteiger charge is -2.11. The van der Waals surface area contributed by atoms with E-state index < -0.39 is 0 Å². The van der Waals surface area contributed by atoms with E-state index in [4.69, 9.17) is 4.74 Å². The lowest BCUT2D eigenvalue weighted by atomic mass is 10.1. The van der Waals surface area contributed by atoms with Gasteiger partial charge in [0.25, 0.3) is 5.56 Å². The summed E-state index contributed by atoms with van der Waals surface area (Å²) in [5.74, 6) is 0.343. The van der Waals surface area contributed by atoms with Crippen molar-refractivity contribution < 1.29 is 9.53 Å². The Morgan fingerprint density at radius 2 is 1.83 bits per heavy atom. The number of nitrogens with one attached hydrogen (secondary N) is 1. The van der Waals surface area contributed by atoms with E-state index in [9.17, 15) is 9.59 Å². The Hall–Kier alpha value is -3.41. The maximum atomic E-state index is 12.4. The first-order valence-electron chi connectivity index (χ1n) is 9.71. The Kier molecular flexibility index (Phi) is 6.79. The lowest BCUT2D eigenvalue weighted by molar-refractivity contribution is -0.117. The van der Waals surface area contributed by atoms with Crippen LogP contribution in [0.15, 0.2) is 65.5 Å². The van der Waals surface area contributed by atoms with Gasteiger partial charge in [-0.05, 0) is 48.7 Å². The number of hydrogen-bond acceptors (Lipinski definition) is 4. The van der Waals surface area contributed by atoms with Gasteiger partial charge in [0.05, 0.1) is 12.8 Å². The second-order valence-corrected chi connectivity index (χ2v) is 6.76. The summed E-state index contributed by atoms with van der Waals surface area (Å²) in [6.45, 7) is 1.99. The number of anilines is 1. The van der Waals surface area contributed by atoms with Crippen LogP contribution in [-0.4, -0.2) is 22.8 Å². The number of methoxy groups -OCH3 is 1. The minimum atomic E-state index is -0.339. The zero-order valence-electron chi connectivity index (χ0n) is 16.7. The second-order valence-electron chi connectivity index (χ2n) is 6.76. The highest BCUT2D eigenvalue weighted by molar-refractivity contribution is 5.90. The summed E-state index contributed by atoms with van der Waals surface area (Å²) in [6, 6.07) is 18.2. The van der Waals surface area contributed by atoms with E-state index in [1.807, 2.05) is 48.5 Å². The van der Waals surface area contributed by atoms with E-state index in [1.54, 1.807) is 13.2 Å². The minimum Gasteiger partial charge on any atom is -0.496 e. The summed E-state index contributed by atoms with van der Waals surface area (Å²) in [6.07, 6.45) is 3.32. The Labute approximate surface area is 170 Å². The molecule has 0 aliphatic carbocycles. The molecule has 0 aliphatic heterocycles. The molecule has 0 unspecified atom stereocenters. The van der Waals surface area contributed by atoms with Crippen molar-refractivity contribution in [3.8, 4) is 17.0 Å². The third-order valence-corrected chi connectivity index (χ3v) is 4.60. The van der Waals surface area contributed by atoms with Crippen molar-refractivity contribution >= 4 is 11.6 Å². The average Bonchev–Trinajstić information content (AvgIpc) is 2.74. The molecule has 0 spiro atoms. The smallest absolute Gasteiger partial charge is 0.267 e. The van der Waals surface area contributed by atoms with Gasteiger partial charge in [-0.2, -0.15) is 5.10 Å². The molecule has 0 radical (unpaired) electrons. The van der Waals surface area contributed by atoms with Crippen molar-refractivity contribution in [2.45, 2.75) is 32.7 Å². The van der Waals surface area contributed by atoms with Gasteiger partial charge in [-0.3, -0.25) is 9.59 Å². The number of carbonyl (C=O) groups is 1. The van der Waals surface area contributed by atoms with E-state index in [0.29, 0.717) is 17.1 Å². The molecule has 6 nitrogen and oxygen atoms in total. The molecular weight excluding hydrogens is 366 g/mol. The normalized spacial score (nSPS) is 10.6. The summed E-state index contributed by atoms with van der Waals surface area (Å²) in [7, 11) is 1.58. The van der Waals surface area contributed by atoms with Crippen molar-refractivity contribution in [1.82, 2.24) is 9.78 Å². The molecule has 6 heteroatoms. The van der Waals surface area contributed by atoms with E-state index in [-0.39, 0.29) is 18.0 Å². The number of aryl methyl sites for hydroxylation is 1. The molecule has 1 amide bonds. The predicted molar refractivity (Wildman–Crippen MR) is 114 cm³/mol.